The van der Waals surface area contributed by atoms with Crippen molar-refractivity contribution in [3.05, 3.63) is 41.7 Å². The Hall–Kier alpha value is -3.18. The molecule has 2 heterocycles. The van der Waals surface area contributed by atoms with E-state index in [1.54, 1.807) is 6.92 Å². The van der Waals surface area contributed by atoms with Gasteiger partial charge in [0.25, 0.3) is 5.82 Å². The van der Waals surface area contributed by atoms with Gasteiger partial charge in [0.15, 0.2) is 17.6 Å². The molecule has 2 aromatic rings. The maximum absolute atomic E-state index is 11.6. The number of carbonyl (C=O) groups excluding carboxylic acids is 2. The number of ether oxygens (including phenoxy) is 1. The van der Waals surface area contributed by atoms with E-state index in [1.165, 1.54) is 13.3 Å². The topological polar surface area (TPSA) is 106 Å². The smallest absolute Gasteiger partial charge is 0.331 e. The van der Waals surface area contributed by atoms with Crippen LogP contribution in [0.25, 0.3) is 16.0 Å². The maximum atomic E-state index is 11.6. The number of anilines is 1. The Bertz CT molecular complexity index is 851. The lowest BCUT2D eigenvalue weighted by Crippen LogP contribution is -2.48. The lowest BCUT2D eigenvalue weighted by molar-refractivity contribution is -0.153. The second-order valence-corrected chi connectivity index (χ2v) is 6.67. The molecule has 1 saturated heterocycles. The number of rotatable bonds is 5. The lowest BCUT2D eigenvalue weighted by Gasteiger charge is -2.31. The van der Waals surface area contributed by atoms with Crippen molar-refractivity contribution in [1.82, 2.24) is 15.1 Å². The van der Waals surface area contributed by atoms with Gasteiger partial charge in [0.1, 0.15) is 0 Å². The van der Waals surface area contributed by atoms with Crippen molar-refractivity contribution in [3.8, 4) is 11.1 Å². The number of benzene rings is 1. The first-order valence-corrected chi connectivity index (χ1v) is 9.67. The predicted molar refractivity (Wildman–Crippen MR) is 111 cm³/mol. The summed E-state index contributed by atoms with van der Waals surface area (Å²) < 4.78 is 4.92. The van der Waals surface area contributed by atoms with E-state index < -0.39 is 12.0 Å². The van der Waals surface area contributed by atoms with Crippen LogP contribution in [0.4, 0.5) is 11.6 Å². The number of nitrogens with one attached hydrogen (secondary N) is 1. The molecule has 0 aliphatic carbocycles. The van der Waals surface area contributed by atoms with Crippen LogP contribution >= 0.6 is 0 Å². The fourth-order valence-corrected chi connectivity index (χ4v) is 3.29. The van der Waals surface area contributed by atoms with Gasteiger partial charge >= 0.3 is 5.97 Å². The Morgan fingerprint density at radius 2 is 1.93 bits per heavy atom. The number of H-pyrrole nitrogens is 1. The molecule has 154 valence electrons. The summed E-state index contributed by atoms with van der Waals surface area (Å²) in [5, 5.41) is 6.40. The number of nitrogen functional groups attached to an aromatic ring is 1. The first-order chi connectivity index (χ1) is 14.0. The fraction of sp³-hybridized carbons (Fsp3) is 0.429. The minimum absolute atomic E-state index is 0.115. The number of piperidine rings is 1. The number of aromatic amines is 1. The molecule has 0 bridgehead atoms. The highest BCUT2D eigenvalue weighted by Crippen LogP contribution is 2.32. The van der Waals surface area contributed by atoms with Gasteiger partial charge in [-0.1, -0.05) is 48.4 Å². The van der Waals surface area contributed by atoms with Crippen LogP contribution in [0, 0.1) is 6.57 Å². The number of Topliss-reactive ketones (excluding diaryl/α,β-unsaturated/α-hetero) is 1. The fourth-order valence-electron chi connectivity index (χ4n) is 3.29. The Kier molecular flexibility index (Phi) is 8.37. The highest BCUT2D eigenvalue weighted by atomic mass is 16.5. The monoisotopic (exact) mass is 397 g/mol. The molecule has 1 unspecified atom stereocenters. The second kappa shape index (κ2) is 11.0. The third-order valence-electron chi connectivity index (χ3n) is 4.60. The summed E-state index contributed by atoms with van der Waals surface area (Å²) in [4.78, 5) is 28.3. The van der Waals surface area contributed by atoms with Gasteiger partial charge in [-0.15, -0.1) is 0 Å². The normalized spacial score (nSPS) is 14.8. The molecule has 29 heavy (non-hydrogen) atoms. The molecule has 0 amide bonds. The minimum Gasteiger partial charge on any atom is -0.464 e. The number of hydrogen-bond acceptors (Lipinski definition) is 6. The third kappa shape index (κ3) is 5.90. The second-order valence-electron chi connectivity index (χ2n) is 6.67. The zero-order valence-electron chi connectivity index (χ0n) is 16.9. The summed E-state index contributed by atoms with van der Waals surface area (Å²) >= 11 is 0. The van der Waals surface area contributed by atoms with E-state index >= 15 is 0 Å². The van der Waals surface area contributed by atoms with Gasteiger partial charge < -0.3 is 15.3 Å². The molecule has 0 spiro atoms. The molecule has 1 aliphatic rings. The van der Waals surface area contributed by atoms with Gasteiger partial charge in [-0.3, -0.25) is 9.69 Å². The zero-order chi connectivity index (χ0) is 21.2. The number of likely N-dealkylation sites (tertiary alicyclic amines) is 1. The van der Waals surface area contributed by atoms with Crippen molar-refractivity contribution in [3.63, 3.8) is 0 Å². The molecule has 1 aliphatic heterocycles. The van der Waals surface area contributed by atoms with Crippen LogP contribution in [0.3, 0.4) is 0 Å². The number of nitrogens with zero attached hydrogens (tertiary/aromatic N) is 3. The number of hydrogen-bond donors (Lipinski definition) is 2. The quantitative estimate of drug-likeness (QED) is 0.456. The summed E-state index contributed by atoms with van der Waals surface area (Å²) in [6.45, 7) is 12.1. The maximum Gasteiger partial charge on any atom is 0.331 e. The van der Waals surface area contributed by atoms with E-state index in [0.717, 1.165) is 31.5 Å². The minimum atomic E-state index is -0.676. The summed E-state index contributed by atoms with van der Waals surface area (Å²) in [6.07, 6.45) is 3.30. The van der Waals surface area contributed by atoms with Crippen molar-refractivity contribution in [2.24, 2.45) is 0 Å². The molecule has 1 atom stereocenters. The summed E-state index contributed by atoms with van der Waals surface area (Å²) in [5.74, 6) is 0.234. The average Bonchev–Trinajstić information content (AvgIpc) is 3.10. The van der Waals surface area contributed by atoms with Gasteiger partial charge in [-0.05, 0) is 45.3 Å². The summed E-state index contributed by atoms with van der Waals surface area (Å²) in [6, 6.07) is 8.83. The van der Waals surface area contributed by atoms with Crippen LogP contribution in [-0.4, -0.2) is 52.6 Å². The Balaban J connectivity index is 0.000000207. The first-order valence-electron chi connectivity index (χ1n) is 9.67. The molecule has 8 heteroatoms. The molecule has 1 fully saturated rings. The molecule has 0 saturated carbocycles. The molecule has 1 aromatic heterocycles. The number of carbonyl (C=O) groups is 2. The van der Waals surface area contributed by atoms with Gasteiger partial charge in [0, 0.05) is 0 Å². The zero-order valence-corrected chi connectivity index (χ0v) is 16.9. The standard InChI is InChI=1S/C11H19NO3.C10H8N4/c1-3-15-11(14)10(9(2)13)12-7-5-4-6-8-12;1-12-10-8(9(11)13-14-10)7-5-3-2-4-6-7/h10H,3-8H2,1-2H3;2-6H,(H3,11,13,14). The Morgan fingerprint density at radius 1 is 1.28 bits per heavy atom. The Labute approximate surface area is 170 Å². The molecular weight excluding hydrogens is 370 g/mol. The van der Waals surface area contributed by atoms with Crippen LogP contribution in [0.1, 0.15) is 33.1 Å². The van der Waals surface area contributed by atoms with Crippen LogP contribution in [0.2, 0.25) is 0 Å². The van der Waals surface area contributed by atoms with E-state index in [9.17, 15) is 9.59 Å². The first kappa shape index (κ1) is 22.1. The van der Waals surface area contributed by atoms with E-state index in [1.807, 2.05) is 35.2 Å². The van der Waals surface area contributed by atoms with Crippen molar-refractivity contribution >= 4 is 23.4 Å². The van der Waals surface area contributed by atoms with E-state index in [4.69, 9.17) is 17.0 Å². The third-order valence-corrected chi connectivity index (χ3v) is 4.60. The van der Waals surface area contributed by atoms with Crippen molar-refractivity contribution < 1.29 is 14.3 Å². The van der Waals surface area contributed by atoms with Crippen LogP contribution in [-0.2, 0) is 14.3 Å². The van der Waals surface area contributed by atoms with Gasteiger partial charge in [-0.25, -0.2) is 9.89 Å². The summed E-state index contributed by atoms with van der Waals surface area (Å²) in [7, 11) is 0. The molecular formula is C21H27N5O3. The largest absolute Gasteiger partial charge is 0.464 e. The highest BCUT2D eigenvalue weighted by molar-refractivity contribution is 6.01. The molecule has 8 nitrogen and oxygen atoms in total. The van der Waals surface area contributed by atoms with E-state index in [2.05, 4.69) is 15.0 Å². The number of nitrogens with two attached hydrogens (primary N) is 1. The average molecular weight is 397 g/mol. The van der Waals surface area contributed by atoms with Crippen LogP contribution in [0.15, 0.2) is 30.3 Å². The van der Waals surface area contributed by atoms with Crippen molar-refractivity contribution in [2.45, 2.75) is 39.2 Å². The molecule has 3 N–H and O–H groups in total. The van der Waals surface area contributed by atoms with E-state index in [-0.39, 0.29) is 5.78 Å². The number of esters is 1. The van der Waals surface area contributed by atoms with Gasteiger partial charge in [-0.2, -0.15) is 0 Å². The predicted octanol–water partition coefficient (Wildman–Crippen LogP) is 3.20. The Morgan fingerprint density at radius 3 is 2.48 bits per heavy atom. The molecule has 1 aromatic carbocycles. The van der Waals surface area contributed by atoms with Crippen LogP contribution < -0.4 is 5.73 Å². The molecule has 0 radical (unpaired) electrons. The van der Waals surface area contributed by atoms with E-state index in [0.29, 0.717) is 23.8 Å². The SMILES string of the molecule is CCOC(=O)C(C(C)=O)N1CCCCC1.[C-]#[N+]c1[nH]nc(N)c1-c1ccccc1. The number of ketones is 1. The van der Waals surface area contributed by atoms with Crippen LogP contribution in [0.5, 0.6) is 0 Å². The number of aromatic nitrogens is 2. The lowest BCUT2D eigenvalue weighted by atomic mass is 10.1. The molecule has 3 rings (SSSR count). The van der Waals surface area contributed by atoms with Gasteiger partial charge in [0.05, 0.1) is 12.2 Å². The van der Waals surface area contributed by atoms with Gasteiger partial charge in [0.2, 0.25) is 0 Å². The van der Waals surface area contributed by atoms with Crippen molar-refractivity contribution in [2.75, 3.05) is 25.4 Å². The summed E-state index contributed by atoms with van der Waals surface area (Å²) in [5.41, 5.74) is 7.25. The van der Waals surface area contributed by atoms with Crippen molar-refractivity contribution in [1.29, 1.82) is 0 Å². The highest BCUT2D eigenvalue weighted by Gasteiger charge is 2.31.